The van der Waals surface area contributed by atoms with Gasteiger partial charge < -0.3 is 10.2 Å². The van der Waals surface area contributed by atoms with E-state index in [1.807, 2.05) is 36.4 Å². The smallest absolute Gasteiger partial charge is 0.254 e. The predicted molar refractivity (Wildman–Crippen MR) is 119 cm³/mol. The van der Waals surface area contributed by atoms with Gasteiger partial charge in [0.2, 0.25) is 0 Å². The summed E-state index contributed by atoms with van der Waals surface area (Å²) in [5, 5.41) is 2.92. The first-order valence-corrected chi connectivity index (χ1v) is 9.75. The van der Waals surface area contributed by atoms with Gasteiger partial charge in [-0.3, -0.25) is 9.59 Å². The molecule has 0 saturated heterocycles. The summed E-state index contributed by atoms with van der Waals surface area (Å²) in [6.07, 6.45) is 3.39. The maximum atomic E-state index is 12.5. The van der Waals surface area contributed by atoms with Gasteiger partial charge in [-0.1, -0.05) is 57.2 Å². The molecule has 4 heteroatoms. The molecule has 0 aliphatic rings. The Hall–Kier alpha value is -3.14. The lowest BCUT2D eigenvalue weighted by molar-refractivity contribution is 0.0790. The molecule has 2 aromatic carbocycles. The Bertz CT molecular complexity index is 849. The molecule has 0 radical (unpaired) electrons. The van der Waals surface area contributed by atoms with Gasteiger partial charge in [-0.2, -0.15) is 0 Å². The van der Waals surface area contributed by atoms with E-state index in [4.69, 9.17) is 0 Å². The summed E-state index contributed by atoms with van der Waals surface area (Å²) in [7, 11) is 0. The molecule has 4 nitrogen and oxygen atoms in total. The van der Waals surface area contributed by atoms with Crippen molar-refractivity contribution in [1.82, 2.24) is 10.2 Å². The molecule has 152 valence electrons. The molecule has 0 spiro atoms. The Morgan fingerprint density at radius 2 is 1.41 bits per heavy atom. The zero-order valence-corrected chi connectivity index (χ0v) is 17.6. The molecule has 0 aromatic heterocycles. The van der Waals surface area contributed by atoms with Crippen LogP contribution in [0.2, 0.25) is 0 Å². The lowest BCUT2D eigenvalue weighted by Crippen LogP contribution is -2.31. The zero-order valence-electron chi connectivity index (χ0n) is 17.6. The molecule has 0 atom stereocenters. The normalized spacial score (nSPS) is 10.9. The van der Waals surface area contributed by atoms with Crippen LogP contribution in [0.5, 0.6) is 0 Å². The van der Waals surface area contributed by atoms with Crippen LogP contribution >= 0.6 is 0 Å². The van der Waals surface area contributed by atoms with Crippen LogP contribution in [0.25, 0.3) is 0 Å². The third-order valence-corrected chi connectivity index (χ3v) is 4.65. The van der Waals surface area contributed by atoms with Crippen molar-refractivity contribution in [2.24, 2.45) is 0 Å². The lowest BCUT2D eigenvalue weighted by Gasteiger charge is -2.19. The second-order valence-corrected chi connectivity index (χ2v) is 7.99. The van der Waals surface area contributed by atoms with Crippen LogP contribution in [0, 0.1) is 0 Å². The Kier molecular flexibility index (Phi) is 7.54. The van der Waals surface area contributed by atoms with Crippen molar-refractivity contribution < 1.29 is 9.59 Å². The third kappa shape index (κ3) is 6.18. The summed E-state index contributed by atoms with van der Waals surface area (Å²) in [5.41, 5.74) is 3.41. The SMILES string of the molecule is C=CCN(CC=C)C(=O)c1ccc(CNC(=O)c2ccc(C(C)(C)C)cc2)cc1. The molecule has 0 aliphatic heterocycles. The fourth-order valence-corrected chi connectivity index (χ4v) is 2.91. The fraction of sp³-hybridized carbons (Fsp3) is 0.280. The van der Waals surface area contributed by atoms with E-state index in [1.165, 1.54) is 5.56 Å². The second-order valence-electron chi connectivity index (χ2n) is 7.99. The summed E-state index contributed by atoms with van der Waals surface area (Å²) in [6, 6.07) is 15.0. The molecule has 0 heterocycles. The molecule has 29 heavy (non-hydrogen) atoms. The van der Waals surface area contributed by atoms with Gasteiger partial charge in [0.15, 0.2) is 0 Å². The van der Waals surface area contributed by atoms with Gasteiger partial charge in [0.05, 0.1) is 0 Å². The van der Waals surface area contributed by atoms with Gasteiger partial charge in [0.25, 0.3) is 11.8 Å². The Balaban J connectivity index is 1.97. The number of rotatable bonds is 8. The first-order valence-electron chi connectivity index (χ1n) is 9.75. The first-order chi connectivity index (χ1) is 13.8. The molecular formula is C25H30N2O2. The molecule has 0 fully saturated rings. The molecule has 0 saturated carbocycles. The molecule has 2 amide bonds. The topological polar surface area (TPSA) is 49.4 Å². The van der Waals surface area contributed by atoms with Crippen LogP contribution in [0.3, 0.4) is 0 Å². The van der Waals surface area contributed by atoms with Crippen LogP contribution in [-0.4, -0.2) is 29.8 Å². The Morgan fingerprint density at radius 3 is 1.90 bits per heavy atom. The van der Waals surface area contributed by atoms with Crippen LogP contribution < -0.4 is 5.32 Å². The maximum Gasteiger partial charge on any atom is 0.254 e. The van der Waals surface area contributed by atoms with Crippen LogP contribution in [0.15, 0.2) is 73.8 Å². The molecule has 2 aromatic rings. The Morgan fingerprint density at radius 1 is 0.897 bits per heavy atom. The van der Waals surface area contributed by atoms with Crippen molar-refractivity contribution in [2.45, 2.75) is 32.7 Å². The molecule has 0 unspecified atom stereocenters. The van der Waals surface area contributed by atoms with Gasteiger partial charge in [0, 0.05) is 30.8 Å². The quantitative estimate of drug-likeness (QED) is 0.663. The zero-order chi connectivity index (χ0) is 21.4. The van der Waals surface area contributed by atoms with Gasteiger partial charge in [-0.25, -0.2) is 0 Å². The van der Waals surface area contributed by atoms with E-state index in [-0.39, 0.29) is 17.2 Å². The van der Waals surface area contributed by atoms with Crippen molar-refractivity contribution in [2.75, 3.05) is 13.1 Å². The molecular weight excluding hydrogens is 360 g/mol. The molecule has 0 bridgehead atoms. The number of amides is 2. The van der Waals surface area contributed by atoms with E-state index >= 15 is 0 Å². The standard InChI is InChI=1S/C25H30N2O2/c1-6-16-27(17-7-2)24(29)21-10-8-19(9-11-21)18-26-23(28)20-12-14-22(15-13-20)25(3,4)5/h6-15H,1-2,16-18H2,3-5H3,(H,26,28). The van der Waals surface area contributed by atoms with Gasteiger partial charge in [-0.05, 0) is 40.8 Å². The minimum Gasteiger partial charge on any atom is -0.348 e. The highest BCUT2D eigenvalue weighted by Gasteiger charge is 2.15. The monoisotopic (exact) mass is 390 g/mol. The summed E-state index contributed by atoms with van der Waals surface area (Å²) in [5.74, 6) is -0.187. The van der Waals surface area contributed by atoms with E-state index < -0.39 is 0 Å². The van der Waals surface area contributed by atoms with Crippen LogP contribution in [0.1, 0.15) is 52.6 Å². The summed E-state index contributed by atoms with van der Waals surface area (Å²) in [6.45, 7) is 15.1. The number of hydrogen-bond acceptors (Lipinski definition) is 2. The van der Waals surface area contributed by atoms with E-state index in [2.05, 4.69) is 39.2 Å². The van der Waals surface area contributed by atoms with Crippen LogP contribution in [0.4, 0.5) is 0 Å². The maximum absolute atomic E-state index is 12.5. The third-order valence-electron chi connectivity index (χ3n) is 4.65. The number of carbonyl (C=O) groups excluding carboxylic acids is 2. The number of benzene rings is 2. The van der Waals surface area contributed by atoms with Gasteiger partial charge >= 0.3 is 0 Å². The van der Waals surface area contributed by atoms with Crippen molar-refractivity contribution in [3.8, 4) is 0 Å². The average Bonchev–Trinajstić information content (AvgIpc) is 2.71. The largest absolute Gasteiger partial charge is 0.348 e. The van der Waals surface area contributed by atoms with Crippen LogP contribution in [-0.2, 0) is 12.0 Å². The highest BCUT2D eigenvalue weighted by atomic mass is 16.2. The van der Waals surface area contributed by atoms with Gasteiger partial charge in [0.1, 0.15) is 0 Å². The number of hydrogen-bond donors (Lipinski definition) is 1. The van der Waals surface area contributed by atoms with Crippen molar-refractivity contribution in [3.05, 3.63) is 96.1 Å². The summed E-state index contributed by atoms with van der Waals surface area (Å²) < 4.78 is 0. The van der Waals surface area contributed by atoms with Crippen molar-refractivity contribution in [1.29, 1.82) is 0 Å². The number of carbonyl (C=O) groups is 2. The lowest BCUT2D eigenvalue weighted by atomic mass is 9.87. The average molecular weight is 391 g/mol. The fourth-order valence-electron chi connectivity index (χ4n) is 2.91. The van der Waals surface area contributed by atoms with E-state index in [1.54, 1.807) is 29.2 Å². The van der Waals surface area contributed by atoms with Crippen molar-refractivity contribution in [3.63, 3.8) is 0 Å². The Labute approximate surface area is 173 Å². The number of nitrogens with zero attached hydrogens (tertiary/aromatic N) is 1. The second kappa shape index (κ2) is 9.87. The predicted octanol–water partition coefficient (Wildman–Crippen LogP) is 4.73. The van der Waals surface area contributed by atoms with E-state index in [0.717, 1.165) is 5.56 Å². The molecule has 0 aliphatic carbocycles. The first kappa shape index (κ1) is 22.2. The highest BCUT2D eigenvalue weighted by Crippen LogP contribution is 2.22. The molecule has 2 rings (SSSR count). The number of nitrogens with one attached hydrogen (secondary N) is 1. The summed E-state index contributed by atoms with van der Waals surface area (Å²) in [4.78, 5) is 26.6. The minimum atomic E-state index is -0.117. The van der Waals surface area contributed by atoms with E-state index in [9.17, 15) is 9.59 Å². The van der Waals surface area contributed by atoms with E-state index in [0.29, 0.717) is 30.8 Å². The molecule has 1 N–H and O–H groups in total. The van der Waals surface area contributed by atoms with Gasteiger partial charge in [-0.15, -0.1) is 13.2 Å². The minimum absolute atomic E-state index is 0.0567. The highest BCUT2D eigenvalue weighted by molar-refractivity contribution is 5.95. The van der Waals surface area contributed by atoms with Crippen molar-refractivity contribution >= 4 is 11.8 Å². The summed E-state index contributed by atoms with van der Waals surface area (Å²) >= 11 is 0.